The van der Waals surface area contributed by atoms with Crippen molar-refractivity contribution in [3.05, 3.63) is 87.1 Å². The Bertz CT molecular complexity index is 944. The second kappa shape index (κ2) is 9.39. The lowest BCUT2D eigenvalue weighted by molar-refractivity contribution is -0.124. The Hall–Kier alpha value is -2.83. The fourth-order valence-corrected chi connectivity index (χ4v) is 3.65. The van der Waals surface area contributed by atoms with E-state index in [0.29, 0.717) is 10.8 Å². The highest BCUT2D eigenvalue weighted by Crippen LogP contribution is 2.26. The van der Waals surface area contributed by atoms with Gasteiger partial charge in [0.1, 0.15) is 11.3 Å². The highest BCUT2D eigenvalue weighted by atomic mass is 35.5. The summed E-state index contributed by atoms with van der Waals surface area (Å²) in [5, 5.41) is 5.24. The molecule has 0 bridgehead atoms. The number of nitrogens with one attached hydrogen (secondary N) is 1. The van der Waals surface area contributed by atoms with Gasteiger partial charge in [-0.25, -0.2) is 4.79 Å². The van der Waals surface area contributed by atoms with E-state index in [9.17, 15) is 9.59 Å². The standard InChI is InChI=1S/C21H18ClNO4S/c1-26-17-10-9-15(22)12-16(17)21(25)27-13-19(24)23-20(18-8-5-11-28-18)14-6-3-2-4-7-14/h2-12,20H,13H2,1H3,(H,23,24)/t20-/m1/s1. The fraction of sp³-hybridized carbons (Fsp3) is 0.143. The third kappa shape index (κ3) is 4.91. The molecule has 0 unspecified atom stereocenters. The van der Waals surface area contributed by atoms with Crippen LogP contribution in [0.5, 0.6) is 5.75 Å². The lowest BCUT2D eigenvalue weighted by Crippen LogP contribution is -2.32. The molecule has 1 N–H and O–H groups in total. The minimum absolute atomic E-state index is 0.167. The van der Waals surface area contributed by atoms with Gasteiger partial charge in [-0.2, -0.15) is 0 Å². The molecule has 5 nitrogen and oxygen atoms in total. The van der Waals surface area contributed by atoms with Crippen LogP contribution in [0.25, 0.3) is 0 Å². The minimum atomic E-state index is -0.679. The summed E-state index contributed by atoms with van der Waals surface area (Å²) in [6.45, 7) is -0.413. The maximum Gasteiger partial charge on any atom is 0.342 e. The predicted octanol–water partition coefficient (Wildman–Crippen LogP) is 4.47. The van der Waals surface area contributed by atoms with Gasteiger partial charge in [-0.3, -0.25) is 4.79 Å². The van der Waals surface area contributed by atoms with E-state index in [0.717, 1.165) is 10.4 Å². The van der Waals surface area contributed by atoms with Crippen molar-refractivity contribution in [3.63, 3.8) is 0 Å². The van der Waals surface area contributed by atoms with E-state index in [-0.39, 0.29) is 11.6 Å². The van der Waals surface area contributed by atoms with Gasteiger partial charge in [0.25, 0.3) is 5.91 Å². The second-order valence-corrected chi connectivity index (χ2v) is 7.26. The maximum atomic E-state index is 12.4. The smallest absolute Gasteiger partial charge is 0.342 e. The van der Waals surface area contributed by atoms with E-state index in [2.05, 4.69) is 5.32 Å². The number of carbonyl (C=O) groups excluding carboxylic acids is 2. The van der Waals surface area contributed by atoms with Crippen LogP contribution < -0.4 is 10.1 Å². The normalized spacial score (nSPS) is 11.5. The molecule has 3 rings (SSSR count). The van der Waals surface area contributed by atoms with E-state index >= 15 is 0 Å². The summed E-state index contributed by atoms with van der Waals surface area (Å²) in [6, 6.07) is 17.8. The van der Waals surface area contributed by atoms with Crippen LogP contribution in [0.1, 0.15) is 26.8 Å². The number of ether oxygens (including phenoxy) is 2. The number of benzene rings is 2. The number of hydrogen-bond donors (Lipinski definition) is 1. The van der Waals surface area contributed by atoms with Crippen LogP contribution in [0.4, 0.5) is 0 Å². The molecule has 144 valence electrons. The van der Waals surface area contributed by atoms with Crippen LogP contribution in [-0.4, -0.2) is 25.6 Å². The Labute approximate surface area is 171 Å². The van der Waals surface area contributed by atoms with Gasteiger partial charge in [0, 0.05) is 9.90 Å². The molecule has 0 fully saturated rings. The largest absolute Gasteiger partial charge is 0.496 e. The molecular formula is C21H18ClNO4S. The van der Waals surface area contributed by atoms with Crippen molar-refractivity contribution in [2.24, 2.45) is 0 Å². The van der Waals surface area contributed by atoms with Gasteiger partial charge in [-0.15, -0.1) is 11.3 Å². The quantitative estimate of drug-likeness (QED) is 0.578. The summed E-state index contributed by atoms with van der Waals surface area (Å²) in [5.74, 6) is -0.756. The van der Waals surface area contributed by atoms with E-state index in [1.807, 2.05) is 47.8 Å². The number of esters is 1. The van der Waals surface area contributed by atoms with Crippen LogP contribution in [0.15, 0.2) is 66.0 Å². The van der Waals surface area contributed by atoms with Crippen LogP contribution in [0, 0.1) is 0 Å². The molecule has 1 aromatic heterocycles. The van der Waals surface area contributed by atoms with Gasteiger partial charge < -0.3 is 14.8 Å². The molecule has 3 aromatic rings. The lowest BCUT2D eigenvalue weighted by Gasteiger charge is -2.18. The summed E-state index contributed by atoms with van der Waals surface area (Å²) >= 11 is 7.47. The predicted molar refractivity (Wildman–Crippen MR) is 109 cm³/mol. The van der Waals surface area contributed by atoms with Gasteiger partial charge in [0.15, 0.2) is 6.61 Å². The zero-order chi connectivity index (χ0) is 19.9. The molecular weight excluding hydrogens is 398 g/mol. The van der Waals surface area contributed by atoms with Crippen molar-refractivity contribution in [2.75, 3.05) is 13.7 Å². The molecule has 0 aliphatic carbocycles. The number of methoxy groups -OCH3 is 1. The van der Waals surface area contributed by atoms with Crippen LogP contribution in [0.3, 0.4) is 0 Å². The van der Waals surface area contributed by atoms with Crippen molar-refractivity contribution >= 4 is 34.8 Å². The molecule has 7 heteroatoms. The van der Waals surface area contributed by atoms with E-state index in [1.54, 1.807) is 23.5 Å². The molecule has 0 aliphatic rings. The number of amides is 1. The Kier molecular flexibility index (Phi) is 6.68. The Morgan fingerprint density at radius 2 is 1.89 bits per heavy atom. The Balaban J connectivity index is 1.67. The zero-order valence-electron chi connectivity index (χ0n) is 15.1. The maximum absolute atomic E-state index is 12.4. The van der Waals surface area contributed by atoms with Gasteiger partial charge >= 0.3 is 5.97 Å². The minimum Gasteiger partial charge on any atom is -0.496 e. The number of rotatable bonds is 7. The van der Waals surface area contributed by atoms with Gasteiger partial charge in [0.2, 0.25) is 0 Å². The average Bonchev–Trinajstić information content (AvgIpc) is 3.25. The van der Waals surface area contributed by atoms with E-state index in [1.165, 1.54) is 13.2 Å². The topological polar surface area (TPSA) is 64.6 Å². The van der Waals surface area contributed by atoms with Crippen molar-refractivity contribution in [1.29, 1.82) is 0 Å². The molecule has 0 spiro atoms. The van der Waals surface area contributed by atoms with Crippen LogP contribution >= 0.6 is 22.9 Å². The number of thiophene rings is 1. The first-order valence-electron chi connectivity index (χ1n) is 8.47. The summed E-state index contributed by atoms with van der Waals surface area (Å²) in [4.78, 5) is 25.8. The number of halogens is 1. The summed E-state index contributed by atoms with van der Waals surface area (Å²) in [5.41, 5.74) is 1.11. The summed E-state index contributed by atoms with van der Waals surface area (Å²) < 4.78 is 10.3. The SMILES string of the molecule is COc1ccc(Cl)cc1C(=O)OCC(=O)N[C@H](c1ccccc1)c1cccs1. The van der Waals surface area contributed by atoms with E-state index < -0.39 is 18.5 Å². The van der Waals surface area contributed by atoms with Gasteiger partial charge in [-0.1, -0.05) is 48.0 Å². The summed E-state index contributed by atoms with van der Waals surface area (Å²) in [6.07, 6.45) is 0. The van der Waals surface area contributed by atoms with Gasteiger partial charge in [-0.05, 0) is 35.2 Å². The van der Waals surface area contributed by atoms with Crippen LogP contribution in [0.2, 0.25) is 5.02 Å². The summed E-state index contributed by atoms with van der Waals surface area (Å²) in [7, 11) is 1.44. The first-order chi connectivity index (χ1) is 13.6. The molecule has 0 radical (unpaired) electrons. The fourth-order valence-electron chi connectivity index (χ4n) is 2.67. The lowest BCUT2D eigenvalue weighted by atomic mass is 10.1. The van der Waals surface area contributed by atoms with Crippen molar-refractivity contribution in [1.82, 2.24) is 5.32 Å². The molecule has 0 saturated carbocycles. The monoisotopic (exact) mass is 415 g/mol. The first kappa shape index (κ1) is 19.9. The van der Waals surface area contributed by atoms with Gasteiger partial charge in [0.05, 0.1) is 13.2 Å². The molecule has 2 aromatic carbocycles. The molecule has 0 aliphatic heterocycles. The molecule has 1 amide bonds. The Morgan fingerprint density at radius 1 is 1.11 bits per heavy atom. The van der Waals surface area contributed by atoms with Crippen molar-refractivity contribution < 1.29 is 19.1 Å². The third-order valence-corrected chi connectivity index (χ3v) is 5.15. The molecule has 1 atom stereocenters. The number of carbonyl (C=O) groups is 2. The third-order valence-electron chi connectivity index (χ3n) is 3.98. The van der Waals surface area contributed by atoms with Crippen molar-refractivity contribution in [2.45, 2.75) is 6.04 Å². The number of hydrogen-bond acceptors (Lipinski definition) is 5. The molecule has 0 saturated heterocycles. The molecule has 28 heavy (non-hydrogen) atoms. The van der Waals surface area contributed by atoms with Crippen molar-refractivity contribution in [3.8, 4) is 5.75 Å². The second-order valence-electron chi connectivity index (χ2n) is 5.85. The highest BCUT2D eigenvalue weighted by Gasteiger charge is 2.20. The average molecular weight is 416 g/mol. The molecule has 1 heterocycles. The van der Waals surface area contributed by atoms with Crippen LogP contribution in [-0.2, 0) is 9.53 Å². The zero-order valence-corrected chi connectivity index (χ0v) is 16.6. The Morgan fingerprint density at radius 3 is 2.57 bits per heavy atom. The highest BCUT2D eigenvalue weighted by molar-refractivity contribution is 7.10. The first-order valence-corrected chi connectivity index (χ1v) is 9.72. The van der Waals surface area contributed by atoms with E-state index in [4.69, 9.17) is 21.1 Å².